The zero-order valence-corrected chi connectivity index (χ0v) is 10.3. The molecule has 0 aliphatic carbocycles. The molecule has 90 valence electrons. The second kappa shape index (κ2) is 4.83. The van der Waals surface area contributed by atoms with Crippen molar-refractivity contribution in [2.45, 2.75) is 0 Å². The summed E-state index contributed by atoms with van der Waals surface area (Å²) in [7, 11) is 0. The lowest BCUT2D eigenvalue weighted by atomic mass is 10.1. The molecule has 1 aromatic heterocycles. The molecule has 0 radical (unpaired) electrons. The van der Waals surface area contributed by atoms with E-state index in [0.717, 1.165) is 21.9 Å². The molecule has 0 amide bonds. The molecule has 0 spiro atoms. The molecule has 2 aromatic carbocycles. The van der Waals surface area contributed by atoms with Crippen LogP contribution < -0.4 is 5.73 Å². The predicted molar refractivity (Wildman–Crippen MR) is 78.6 cm³/mol. The summed E-state index contributed by atoms with van der Waals surface area (Å²) in [5.41, 5.74) is 7.70. The second-order valence-corrected chi connectivity index (χ2v) is 4.22. The molecule has 0 unspecified atom stereocenters. The number of nitrogens with two attached hydrogens (primary N) is 1. The van der Waals surface area contributed by atoms with Gasteiger partial charge in [0.1, 0.15) is 5.82 Å². The van der Waals surface area contributed by atoms with Crippen molar-refractivity contribution in [3.8, 4) is 11.8 Å². The SMILES string of the molecule is Nc1ncc2ccccc2c1C#Cc1ccccc1. The normalized spacial score (nSPS) is 9.89. The van der Waals surface area contributed by atoms with Gasteiger partial charge in [0.2, 0.25) is 0 Å². The number of rotatable bonds is 0. The van der Waals surface area contributed by atoms with Gasteiger partial charge in [0.05, 0.1) is 5.56 Å². The second-order valence-electron chi connectivity index (χ2n) is 4.22. The lowest BCUT2D eigenvalue weighted by Crippen LogP contribution is -1.95. The highest BCUT2D eigenvalue weighted by molar-refractivity contribution is 5.90. The van der Waals surface area contributed by atoms with Crippen LogP contribution in [0.15, 0.2) is 60.8 Å². The average Bonchev–Trinajstić information content (AvgIpc) is 2.47. The van der Waals surface area contributed by atoms with E-state index in [1.807, 2.05) is 54.6 Å². The van der Waals surface area contributed by atoms with Gasteiger partial charge in [-0.15, -0.1) is 0 Å². The summed E-state index contributed by atoms with van der Waals surface area (Å²) in [6, 6.07) is 17.8. The number of anilines is 1. The van der Waals surface area contributed by atoms with Crippen molar-refractivity contribution in [2.75, 3.05) is 5.73 Å². The predicted octanol–water partition coefficient (Wildman–Crippen LogP) is 3.22. The lowest BCUT2D eigenvalue weighted by Gasteiger charge is -2.02. The van der Waals surface area contributed by atoms with Crippen LogP contribution in [-0.4, -0.2) is 4.98 Å². The zero-order chi connectivity index (χ0) is 13.1. The summed E-state index contributed by atoms with van der Waals surface area (Å²) < 4.78 is 0. The van der Waals surface area contributed by atoms with Gasteiger partial charge >= 0.3 is 0 Å². The number of nitrogen functional groups attached to an aromatic ring is 1. The van der Waals surface area contributed by atoms with Gasteiger partial charge < -0.3 is 5.73 Å². The molecule has 3 rings (SSSR count). The van der Waals surface area contributed by atoms with Gasteiger partial charge in [-0.3, -0.25) is 0 Å². The third-order valence-electron chi connectivity index (χ3n) is 2.93. The van der Waals surface area contributed by atoms with Crippen molar-refractivity contribution in [1.82, 2.24) is 4.98 Å². The van der Waals surface area contributed by atoms with Gasteiger partial charge in [-0.05, 0) is 12.1 Å². The average molecular weight is 244 g/mol. The Balaban J connectivity index is 2.16. The summed E-state index contributed by atoms with van der Waals surface area (Å²) in [5, 5.41) is 2.09. The first-order valence-electron chi connectivity index (χ1n) is 6.05. The minimum atomic E-state index is 0.474. The fourth-order valence-electron chi connectivity index (χ4n) is 1.97. The number of aromatic nitrogens is 1. The molecule has 0 saturated carbocycles. The third-order valence-corrected chi connectivity index (χ3v) is 2.93. The van der Waals surface area contributed by atoms with Crippen LogP contribution in [0.3, 0.4) is 0 Å². The maximum absolute atomic E-state index is 5.94. The Kier molecular flexibility index (Phi) is 2.88. The van der Waals surface area contributed by atoms with E-state index in [0.29, 0.717) is 5.82 Å². The van der Waals surface area contributed by atoms with Crippen molar-refractivity contribution in [1.29, 1.82) is 0 Å². The van der Waals surface area contributed by atoms with Gasteiger partial charge in [0.25, 0.3) is 0 Å². The van der Waals surface area contributed by atoms with Crippen molar-refractivity contribution < 1.29 is 0 Å². The number of pyridine rings is 1. The van der Waals surface area contributed by atoms with Crippen LogP contribution in [0, 0.1) is 11.8 Å². The Bertz CT molecular complexity index is 780. The van der Waals surface area contributed by atoms with Gasteiger partial charge in [-0.25, -0.2) is 4.98 Å². The molecule has 0 fully saturated rings. The van der Waals surface area contributed by atoms with E-state index < -0.39 is 0 Å². The van der Waals surface area contributed by atoms with E-state index >= 15 is 0 Å². The number of fused-ring (bicyclic) bond motifs is 1. The molecule has 0 aliphatic rings. The third kappa shape index (κ3) is 2.27. The molecule has 0 bridgehead atoms. The number of benzene rings is 2. The molecule has 19 heavy (non-hydrogen) atoms. The van der Waals surface area contributed by atoms with E-state index in [1.54, 1.807) is 6.20 Å². The van der Waals surface area contributed by atoms with Gasteiger partial charge in [0.15, 0.2) is 0 Å². The standard InChI is InChI=1S/C17H12N2/c18-17-16(11-10-13-6-2-1-3-7-13)15-9-5-4-8-14(15)12-19-17/h1-9,12H,(H2,18,19). The van der Waals surface area contributed by atoms with E-state index in [4.69, 9.17) is 5.73 Å². The molecular formula is C17H12N2. The Labute approximate surface area is 111 Å². The van der Waals surface area contributed by atoms with Crippen molar-refractivity contribution in [3.05, 3.63) is 71.9 Å². The Hall–Kier alpha value is -2.79. The van der Waals surface area contributed by atoms with E-state index in [9.17, 15) is 0 Å². The van der Waals surface area contributed by atoms with Gasteiger partial charge in [-0.2, -0.15) is 0 Å². The van der Waals surface area contributed by atoms with E-state index in [1.165, 1.54) is 0 Å². The summed E-state index contributed by atoms with van der Waals surface area (Å²) in [6.45, 7) is 0. The van der Waals surface area contributed by atoms with Crippen molar-refractivity contribution in [3.63, 3.8) is 0 Å². The first-order chi connectivity index (χ1) is 9.34. The Morgan fingerprint density at radius 3 is 2.42 bits per heavy atom. The maximum Gasteiger partial charge on any atom is 0.139 e. The van der Waals surface area contributed by atoms with Crippen LogP contribution >= 0.6 is 0 Å². The van der Waals surface area contributed by atoms with Crippen molar-refractivity contribution >= 4 is 16.6 Å². The minimum Gasteiger partial charge on any atom is -0.383 e. The number of hydrogen-bond donors (Lipinski definition) is 1. The van der Waals surface area contributed by atoms with Crippen LogP contribution in [0.4, 0.5) is 5.82 Å². The topological polar surface area (TPSA) is 38.9 Å². The lowest BCUT2D eigenvalue weighted by molar-refractivity contribution is 1.36. The molecule has 2 N–H and O–H groups in total. The van der Waals surface area contributed by atoms with Crippen LogP contribution in [0.1, 0.15) is 11.1 Å². The summed E-state index contributed by atoms with van der Waals surface area (Å²) in [6.07, 6.45) is 1.78. The Morgan fingerprint density at radius 1 is 0.842 bits per heavy atom. The molecule has 2 nitrogen and oxygen atoms in total. The molecule has 0 aliphatic heterocycles. The quantitative estimate of drug-likeness (QED) is 0.617. The molecular weight excluding hydrogens is 232 g/mol. The van der Waals surface area contributed by atoms with Gasteiger partial charge in [0, 0.05) is 22.5 Å². The van der Waals surface area contributed by atoms with E-state index in [-0.39, 0.29) is 0 Å². The Morgan fingerprint density at radius 2 is 1.58 bits per heavy atom. The first-order valence-corrected chi connectivity index (χ1v) is 6.05. The molecule has 2 heteroatoms. The maximum atomic E-state index is 5.94. The summed E-state index contributed by atoms with van der Waals surface area (Å²) in [5.74, 6) is 6.73. The van der Waals surface area contributed by atoms with Gasteiger partial charge in [-0.1, -0.05) is 54.3 Å². The highest BCUT2D eigenvalue weighted by Crippen LogP contribution is 2.21. The molecule has 0 saturated heterocycles. The first kappa shape index (κ1) is 11.3. The highest BCUT2D eigenvalue weighted by atomic mass is 14.8. The number of hydrogen-bond acceptors (Lipinski definition) is 2. The van der Waals surface area contributed by atoms with Crippen LogP contribution in [0.2, 0.25) is 0 Å². The summed E-state index contributed by atoms with van der Waals surface area (Å²) >= 11 is 0. The summed E-state index contributed by atoms with van der Waals surface area (Å²) in [4.78, 5) is 4.19. The van der Waals surface area contributed by atoms with E-state index in [2.05, 4.69) is 16.8 Å². The minimum absolute atomic E-state index is 0.474. The fraction of sp³-hybridized carbons (Fsp3) is 0. The monoisotopic (exact) mass is 244 g/mol. The van der Waals surface area contributed by atoms with Crippen LogP contribution in [0.5, 0.6) is 0 Å². The smallest absolute Gasteiger partial charge is 0.139 e. The number of nitrogens with zero attached hydrogens (tertiary/aromatic N) is 1. The molecule has 1 heterocycles. The van der Waals surface area contributed by atoms with Crippen LogP contribution in [0.25, 0.3) is 10.8 Å². The zero-order valence-electron chi connectivity index (χ0n) is 10.3. The largest absolute Gasteiger partial charge is 0.383 e. The molecule has 0 atom stereocenters. The molecule has 3 aromatic rings. The highest BCUT2D eigenvalue weighted by Gasteiger charge is 2.03. The van der Waals surface area contributed by atoms with Crippen molar-refractivity contribution in [2.24, 2.45) is 0 Å². The van der Waals surface area contributed by atoms with Crippen LogP contribution in [-0.2, 0) is 0 Å². The fourth-order valence-corrected chi connectivity index (χ4v) is 1.97.